The van der Waals surface area contributed by atoms with Crippen LogP contribution in [0.2, 0.25) is 0 Å². The first kappa shape index (κ1) is 19.2. The Morgan fingerprint density at radius 1 is 0.833 bits per heavy atom. The molecule has 1 N–H and O–H groups in total. The van der Waals surface area contributed by atoms with Gasteiger partial charge in [-0.15, -0.1) is 0 Å². The fraction of sp³-hybridized carbons (Fsp3) is 0.308. The number of rotatable bonds is 4. The van der Waals surface area contributed by atoms with E-state index in [9.17, 15) is 5.11 Å². The molecule has 5 rings (SSSR count). The molecule has 0 bridgehead atoms. The van der Waals surface area contributed by atoms with Gasteiger partial charge in [0.25, 0.3) is 0 Å². The zero-order valence-electron chi connectivity index (χ0n) is 17.5. The molecule has 3 aromatic carbocycles. The summed E-state index contributed by atoms with van der Waals surface area (Å²) in [6.07, 6.45) is 1.51. The van der Waals surface area contributed by atoms with Gasteiger partial charge in [0.15, 0.2) is 11.5 Å². The number of benzene rings is 3. The number of hydrogen-bond donors (Lipinski definition) is 1. The average Bonchev–Trinajstić information content (AvgIpc) is 3.14. The Bertz CT molecular complexity index is 1050. The Hall–Kier alpha value is -2.82. The first-order valence-electron chi connectivity index (χ1n) is 10.4. The van der Waals surface area contributed by atoms with Gasteiger partial charge < -0.3 is 14.6 Å². The molecule has 4 nitrogen and oxygen atoms in total. The number of methoxy groups -OCH3 is 2. The monoisotopic (exact) mass is 401 g/mol. The van der Waals surface area contributed by atoms with Crippen LogP contribution >= 0.6 is 0 Å². The summed E-state index contributed by atoms with van der Waals surface area (Å²) in [6, 6.07) is 24.8. The van der Waals surface area contributed by atoms with Gasteiger partial charge in [-0.05, 0) is 40.8 Å². The maximum atomic E-state index is 11.9. The summed E-state index contributed by atoms with van der Waals surface area (Å²) >= 11 is 0. The molecule has 0 aromatic heterocycles. The molecular weight excluding hydrogens is 374 g/mol. The van der Waals surface area contributed by atoms with Gasteiger partial charge >= 0.3 is 0 Å². The average molecular weight is 402 g/mol. The van der Waals surface area contributed by atoms with Crippen LogP contribution in [-0.4, -0.2) is 37.3 Å². The Morgan fingerprint density at radius 3 is 2.07 bits per heavy atom. The van der Waals surface area contributed by atoms with Crippen LogP contribution in [0.1, 0.15) is 28.7 Å². The molecule has 0 radical (unpaired) electrons. The van der Waals surface area contributed by atoms with Gasteiger partial charge in [0.1, 0.15) is 5.60 Å². The second kappa shape index (κ2) is 7.15. The van der Waals surface area contributed by atoms with Crippen molar-refractivity contribution in [3.8, 4) is 11.5 Å². The van der Waals surface area contributed by atoms with Crippen molar-refractivity contribution in [2.45, 2.75) is 24.0 Å². The Kier molecular flexibility index (Phi) is 4.57. The van der Waals surface area contributed by atoms with E-state index in [-0.39, 0.29) is 0 Å². The minimum atomic E-state index is -0.925. The van der Waals surface area contributed by atoms with Crippen molar-refractivity contribution in [3.63, 3.8) is 0 Å². The number of fused-ring (bicyclic) bond motifs is 3. The minimum absolute atomic E-state index is 0.418. The van der Waals surface area contributed by atoms with Gasteiger partial charge in [-0.3, -0.25) is 4.90 Å². The Morgan fingerprint density at radius 2 is 1.43 bits per heavy atom. The zero-order valence-corrected chi connectivity index (χ0v) is 17.5. The molecule has 0 aliphatic carbocycles. The lowest BCUT2D eigenvalue weighted by Crippen LogP contribution is -2.47. The molecule has 0 spiro atoms. The van der Waals surface area contributed by atoms with E-state index >= 15 is 0 Å². The smallest absolute Gasteiger partial charge is 0.161 e. The van der Waals surface area contributed by atoms with E-state index < -0.39 is 11.1 Å². The molecule has 2 heterocycles. The summed E-state index contributed by atoms with van der Waals surface area (Å²) in [7, 11) is 3.35. The van der Waals surface area contributed by atoms with Crippen molar-refractivity contribution in [1.29, 1.82) is 0 Å². The van der Waals surface area contributed by atoms with Gasteiger partial charge in [0.2, 0.25) is 0 Å². The van der Waals surface area contributed by atoms with Gasteiger partial charge in [0, 0.05) is 19.5 Å². The predicted molar refractivity (Wildman–Crippen MR) is 117 cm³/mol. The molecule has 1 fully saturated rings. The molecule has 0 unspecified atom stereocenters. The van der Waals surface area contributed by atoms with Crippen LogP contribution in [0.5, 0.6) is 11.5 Å². The molecule has 2 aliphatic heterocycles. The lowest BCUT2D eigenvalue weighted by atomic mass is 9.72. The fourth-order valence-corrected chi connectivity index (χ4v) is 5.44. The summed E-state index contributed by atoms with van der Waals surface area (Å²) in [4.78, 5) is 2.45. The molecule has 154 valence electrons. The zero-order chi connectivity index (χ0) is 20.8. The lowest BCUT2D eigenvalue weighted by molar-refractivity contribution is 0.0461. The van der Waals surface area contributed by atoms with Gasteiger partial charge in [-0.25, -0.2) is 0 Å². The second-order valence-electron chi connectivity index (χ2n) is 8.34. The quantitative estimate of drug-likeness (QED) is 0.715. The summed E-state index contributed by atoms with van der Waals surface area (Å²) in [5.41, 5.74) is 3.28. The first-order valence-corrected chi connectivity index (χ1v) is 10.4. The predicted octanol–water partition coefficient (Wildman–Crippen LogP) is 4.10. The Balaban J connectivity index is 1.74. The van der Waals surface area contributed by atoms with E-state index in [2.05, 4.69) is 41.3 Å². The molecule has 30 heavy (non-hydrogen) atoms. The number of aliphatic hydroxyl groups is 1. The molecule has 2 atom stereocenters. The van der Waals surface area contributed by atoms with E-state index in [0.717, 1.165) is 30.0 Å². The minimum Gasteiger partial charge on any atom is -0.493 e. The van der Waals surface area contributed by atoms with Gasteiger partial charge in [-0.2, -0.15) is 0 Å². The Labute approximate surface area is 177 Å². The van der Waals surface area contributed by atoms with Crippen LogP contribution in [0.3, 0.4) is 0 Å². The van der Waals surface area contributed by atoms with Crippen molar-refractivity contribution in [2.24, 2.45) is 0 Å². The topological polar surface area (TPSA) is 41.9 Å². The molecule has 3 aromatic rings. The van der Waals surface area contributed by atoms with Crippen LogP contribution in [0.15, 0.2) is 72.8 Å². The summed E-state index contributed by atoms with van der Waals surface area (Å²) in [5, 5.41) is 11.9. The second-order valence-corrected chi connectivity index (χ2v) is 8.34. The van der Waals surface area contributed by atoms with Crippen LogP contribution in [0.4, 0.5) is 0 Å². The van der Waals surface area contributed by atoms with Crippen molar-refractivity contribution in [3.05, 3.63) is 95.1 Å². The van der Waals surface area contributed by atoms with Crippen LogP contribution < -0.4 is 9.47 Å². The van der Waals surface area contributed by atoms with E-state index in [1.807, 2.05) is 36.4 Å². The molecule has 1 saturated heterocycles. The molecular formula is C26H27NO3. The van der Waals surface area contributed by atoms with Gasteiger partial charge in [0.05, 0.1) is 19.8 Å². The van der Waals surface area contributed by atoms with Crippen LogP contribution in [-0.2, 0) is 17.6 Å². The highest BCUT2D eigenvalue weighted by atomic mass is 16.5. The van der Waals surface area contributed by atoms with E-state index in [4.69, 9.17) is 9.47 Å². The summed E-state index contributed by atoms with van der Waals surface area (Å²) in [6.45, 7) is 1.48. The van der Waals surface area contributed by atoms with Crippen molar-refractivity contribution in [2.75, 3.05) is 27.3 Å². The van der Waals surface area contributed by atoms with E-state index in [1.54, 1.807) is 14.2 Å². The third-order valence-corrected chi connectivity index (χ3v) is 6.81. The molecule has 0 saturated carbocycles. The van der Waals surface area contributed by atoms with Crippen LogP contribution in [0, 0.1) is 0 Å². The third kappa shape index (κ3) is 2.75. The third-order valence-electron chi connectivity index (χ3n) is 6.81. The largest absolute Gasteiger partial charge is 0.493 e. The number of ether oxygens (including phenoxy) is 2. The maximum absolute atomic E-state index is 11.9. The van der Waals surface area contributed by atoms with E-state index in [0.29, 0.717) is 13.0 Å². The van der Waals surface area contributed by atoms with Crippen molar-refractivity contribution >= 4 is 0 Å². The molecule has 4 heteroatoms. The number of nitrogens with zero attached hydrogens (tertiary/aromatic N) is 1. The lowest BCUT2D eigenvalue weighted by Gasteiger charge is -2.44. The molecule has 0 amide bonds. The summed E-state index contributed by atoms with van der Waals surface area (Å²) in [5.74, 6) is 1.48. The SMILES string of the molecule is COc1cc2c(cc1OC)[C@]1(c3ccccc3)C[C@@](O)(c3ccccc3)CN1CC2. The highest BCUT2D eigenvalue weighted by Crippen LogP contribution is 2.55. The summed E-state index contributed by atoms with van der Waals surface area (Å²) < 4.78 is 11.2. The first-order chi connectivity index (χ1) is 14.6. The standard InChI is InChI=1S/C26H27NO3/c1-29-23-15-19-13-14-27-18-25(28,20-9-5-3-6-10-20)17-26(27,21-11-7-4-8-12-21)22(19)16-24(23)30-2/h3-12,15-16,28H,13-14,17-18H2,1-2H3/t25-,26+/m0/s1. The van der Waals surface area contributed by atoms with Gasteiger partial charge in [-0.1, -0.05) is 60.7 Å². The number of hydrogen-bond acceptors (Lipinski definition) is 4. The van der Waals surface area contributed by atoms with E-state index in [1.165, 1.54) is 16.7 Å². The van der Waals surface area contributed by atoms with Crippen molar-refractivity contribution in [1.82, 2.24) is 4.90 Å². The highest BCUT2D eigenvalue weighted by molar-refractivity contribution is 5.55. The maximum Gasteiger partial charge on any atom is 0.161 e. The highest BCUT2D eigenvalue weighted by Gasteiger charge is 2.57. The fourth-order valence-electron chi connectivity index (χ4n) is 5.44. The van der Waals surface area contributed by atoms with Crippen molar-refractivity contribution < 1.29 is 14.6 Å². The van der Waals surface area contributed by atoms with Crippen LogP contribution in [0.25, 0.3) is 0 Å². The normalized spacial score (nSPS) is 25.4. The molecule has 2 aliphatic rings.